The van der Waals surface area contributed by atoms with E-state index in [1.54, 1.807) is 19.2 Å². The lowest BCUT2D eigenvalue weighted by Gasteiger charge is -2.13. The highest BCUT2D eigenvalue weighted by Crippen LogP contribution is 2.42. The molecule has 1 unspecified atom stereocenters. The molecule has 7 nitrogen and oxygen atoms in total. The van der Waals surface area contributed by atoms with Gasteiger partial charge in [-0.3, -0.25) is 0 Å². The van der Waals surface area contributed by atoms with E-state index in [0.717, 1.165) is 17.0 Å². The van der Waals surface area contributed by atoms with Gasteiger partial charge in [-0.1, -0.05) is 0 Å². The molecule has 1 aliphatic rings. The third kappa shape index (κ3) is 3.11. The number of ether oxygens (including phenoxy) is 4. The Kier molecular flexibility index (Phi) is 4.79. The van der Waals surface area contributed by atoms with Crippen molar-refractivity contribution in [1.29, 1.82) is 0 Å². The van der Waals surface area contributed by atoms with Crippen molar-refractivity contribution >= 4 is 22.4 Å². The quantitative estimate of drug-likeness (QED) is 0.626. The maximum Gasteiger partial charge on any atom is 0.344 e. The van der Waals surface area contributed by atoms with Crippen molar-refractivity contribution in [3.8, 4) is 28.5 Å². The lowest BCUT2D eigenvalue weighted by atomic mass is 10.1. The van der Waals surface area contributed by atoms with E-state index >= 15 is 0 Å². The number of hydrogen-bond acceptors (Lipinski definition) is 8. The molecule has 4 rings (SSSR count). The van der Waals surface area contributed by atoms with Gasteiger partial charge in [-0.15, -0.1) is 11.3 Å². The van der Waals surface area contributed by atoms with Crippen LogP contribution in [0.15, 0.2) is 41.8 Å². The van der Waals surface area contributed by atoms with Gasteiger partial charge < -0.3 is 24.3 Å². The summed E-state index contributed by atoms with van der Waals surface area (Å²) in [6.07, 6.45) is -0.642. The average molecular weight is 398 g/mol. The van der Waals surface area contributed by atoms with Gasteiger partial charge in [0.2, 0.25) is 6.23 Å². The summed E-state index contributed by atoms with van der Waals surface area (Å²) < 4.78 is 21.3. The fraction of sp³-hybridized carbons (Fsp3) is 0.200. The summed E-state index contributed by atoms with van der Waals surface area (Å²) in [6, 6.07) is 11.2. The zero-order chi connectivity index (χ0) is 19.7. The second-order valence-corrected chi connectivity index (χ2v) is 6.82. The van der Waals surface area contributed by atoms with Gasteiger partial charge in [-0.05, 0) is 36.4 Å². The van der Waals surface area contributed by atoms with E-state index in [4.69, 9.17) is 18.9 Å². The zero-order valence-corrected chi connectivity index (χ0v) is 16.3. The van der Waals surface area contributed by atoms with Gasteiger partial charge in [-0.2, -0.15) is 0 Å². The Morgan fingerprint density at radius 3 is 2.50 bits per heavy atom. The summed E-state index contributed by atoms with van der Waals surface area (Å²) in [7, 11) is 4.65. The molecule has 1 N–H and O–H groups in total. The molecule has 0 amide bonds. The minimum atomic E-state index is -0.642. The standard InChI is InChI=1S/C20H18N2O5S/c1-24-12-6-4-11(5-7-12)14-10-28-20(21-14)22-18-13-8-9-15(25-2)17(26-3)16(13)19(23)27-18/h4-10,18H,1-3H3,(H,21,22). The van der Waals surface area contributed by atoms with Crippen LogP contribution in [-0.2, 0) is 4.74 Å². The normalized spacial score (nSPS) is 15.0. The monoisotopic (exact) mass is 398 g/mol. The third-order valence-electron chi connectivity index (χ3n) is 4.43. The Bertz CT molecular complexity index is 1020. The van der Waals surface area contributed by atoms with E-state index < -0.39 is 12.2 Å². The molecule has 28 heavy (non-hydrogen) atoms. The Morgan fingerprint density at radius 2 is 1.82 bits per heavy atom. The molecule has 0 aliphatic carbocycles. The number of carbonyl (C=O) groups excluding carboxylic acids is 1. The highest BCUT2D eigenvalue weighted by atomic mass is 32.1. The number of cyclic esters (lactones) is 1. The van der Waals surface area contributed by atoms with Crippen LogP contribution in [-0.4, -0.2) is 32.3 Å². The molecule has 1 atom stereocenters. The molecule has 0 spiro atoms. The Morgan fingerprint density at radius 1 is 1.04 bits per heavy atom. The van der Waals surface area contributed by atoms with Crippen LogP contribution in [0.5, 0.6) is 17.2 Å². The van der Waals surface area contributed by atoms with Gasteiger partial charge in [-0.25, -0.2) is 9.78 Å². The van der Waals surface area contributed by atoms with Crippen LogP contribution in [0.2, 0.25) is 0 Å². The first-order chi connectivity index (χ1) is 13.6. The molecule has 2 aromatic carbocycles. The molecule has 1 aliphatic heterocycles. The first kappa shape index (κ1) is 18.1. The maximum atomic E-state index is 12.4. The van der Waals surface area contributed by atoms with Crippen molar-refractivity contribution in [3.63, 3.8) is 0 Å². The summed E-state index contributed by atoms with van der Waals surface area (Å²) in [5.74, 6) is 1.17. The lowest BCUT2D eigenvalue weighted by Crippen LogP contribution is -2.10. The van der Waals surface area contributed by atoms with Gasteiger partial charge in [0.15, 0.2) is 16.6 Å². The van der Waals surface area contributed by atoms with E-state index in [1.807, 2.05) is 29.6 Å². The molecule has 3 aromatic rings. The first-order valence-corrected chi connectivity index (χ1v) is 9.35. The number of aromatic nitrogens is 1. The van der Waals surface area contributed by atoms with Crippen LogP contribution >= 0.6 is 11.3 Å². The van der Waals surface area contributed by atoms with Crippen LogP contribution in [0.4, 0.5) is 5.13 Å². The number of thiazole rings is 1. The number of carbonyl (C=O) groups is 1. The molecule has 0 fully saturated rings. The molecule has 0 bridgehead atoms. The van der Waals surface area contributed by atoms with E-state index in [1.165, 1.54) is 25.6 Å². The molecular formula is C20H18N2O5S. The van der Waals surface area contributed by atoms with Crippen LogP contribution < -0.4 is 19.5 Å². The van der Waals surface area contributed by atoms with Crippen molar-refractivity contribution in [2.24, 2.45) is 0 Å². The number of rotatable bonds is 6. The number of benzene rings is 2. The largest absolute Gasteiger partial charge is 0.497 e. The smallest absolute Gasteiger partial charge is 0.344 e. The number of fused-ring (bicyclic) bond motifs is 1. The van der Waals surface area contributed by atoms with Crippen LogP contribution in [0.1, 0.15) is 22.1 Å². The molecule has 0 saturated carbocycles. The van der Waals surface area contributed by atoms with Crippen molar-refractivity contribution in [2.45, 2.75) is 6.23 Å². The third-order valence-corrected chi connectivity index (χ3v) is 5.21. The second-order valence-electron chi connectivity index (χ2n) is 5.96. The molecule has 8 heteroatoms. The van der Waals surface area contributed by atoms with Crippen LogP contribution in [0.25, 0.3) is 11.3 Å². The Hall–Kier alpha value is -3.26. The van der Waals surface area contributed by atoms with E-state index in [-0.39, 0.29) is 0 Å². The number of nitrogens with zero attached hydrogens (tertiary/aromatic N) is 1. The van der Waals surface area contributed by atoms with E-state index in [9.17, 15) is 4.79 Å². The number of anilines is 1. The Balaban J connectivity index is 1.58. The van der Waals surface area contributed by atoms with E-state index in [2.05, 4.69) is 10.3 Å². The van der Waals surface area contributed by atoms with Gasteiger partial charge in [0.1, 0.15) is 11.3 Å². The number of nitrogens with one attached hydrogen (secondary N) is 1. The van der Waals surface area contributed by atoms with Crippen molar-refractivity contribution in [2.75, 3.05) is 26.6 Å². The summed E-state index contributed by atoms with van der Waals surface area (Å²) in [5.41, 5.74) is 2.85. The van der Waals surface area contributed by atoms with Gasteiger partial charge in [0.05, 0.1) is 27.0 Å². The molecule has 2 heterocycles. The van der Waals surface area contributed by atoms with Crippen molar-refractivity contribution < 1.29 is 23.7 Å². The van der Waals surface area contributed by atoms with Crippen molar-refractivity contribution in [3.05, 3.63) is 52.9 Å². The number of esters is 1. The first-order valence-electron chi connectivity index (χ1n) is 8.47. The minimum Gasteiger partial charge on any atom is -0.497 e. The second kappa shape index (κ2) is 7.40. The molecule has 0 saturated heterocycles. The molecular weight excluding hydrogens is 380 g/mol. The summed E-state index contributed by atoms with van der Waals surface area (Å²) >= 11 is 1.43. The average Bonchev–Trinajstić information content (AvgIpc) is 3.32. The molecule has 0 radical (unpaired) electrons. The van der Waals surface area contributed by atoms with Crippen LogP contribution in [0, 0.1) is 0 Å². The van der Waals surface area contributed by atoms with Gasteiger partial charge in [0.25, 0.3) is 0 Å². The molecule has 1 aromatic heterocycles. The maximum absolute atomic E-state index is 12.4. The van der Waals surface area contributed by atoms with E-state index in [0.29, 0.717) is 27.8 Å². The topological polar surface area (TPSA) is 78.9 Å². The number of methoxy groups -OCH3 is 3. The SMILES string of the molecule is COc1ccc(-c2csc(NC3OC(=O)c4c3ccc(OC)c4OC)n2)cc1. The Labute approximate surface area is 165 Å². The summed E-state index contributed by atoms with van der Waals surface area (Å²) in [5, 5.41) is 5.76. The minimum absolute atomic E-state index is 0.367. The zero-order valence-electron chi connectivity index (χ0n) is 15.5. The highest BCUT2D eigenvalue weighted by Gasteiger charge is 2.36. The number of hydrogen-bond donors (Lipinski definition) is 1. The molecule has 144 valence electrons. The van der Waals surface area contributed by atoms with Crippen LogP contribution in [0.3, 0.4) is 0 Å². The fourth-order valence-electron chi connectivity index (χ4n) is 3.05. The highest BCUT2D eigenvalue weighted by molar-refractivity contribution is 7.14. The van der Waals surface area contributed by atoms with Crippen molar-refractivity contribution in [1.82, 2.24) is 4.98 Å². The summed E-state index contributed by atoms with van der Waals surface area (Å²) in [4.78, 5) is 17.0. The predicted octanol–water partition coefficient (Wildman–Crippen LogP) is 4.12. The van der Waals surface area contributed by atoms with Gasteiger partial charge in [0, 0.05) is 16.5 Å². The predicted molar refractivity (Wildman–Crippen MR) is 105 cm³/mol. The lowest BCUT2D eigenvalue weighted by molar-refractivity contribution is 0.0435. The fourth-order valence-corrected chi connectivity index (χ4v) is 3.79. The summed E-state index contributed by atoms with van der Waals surface area (Å²) in [6.45, 7) is 0. The van der Waals surface area contributed by atoms with Gasteiger partial charge >= 0.3 is 5.97 Å².